The molecule has 0 amide bonds. The van der Waals surface area contributed by atoms with Crippen molar-refractivity contribution in [3.8, 4) is 0 Å². The summed E-state index contributed by atoms with van der Waals surface area (Å²) in [4.78, 5) is 0. The number of benzene rings is 1. The molecule has 1 heterocycles. The van der Waals surface area contributed by atoms with Crippen LogP contribution in [0.15, 0.2) is 36.4 Å². The van der Waals surface area contributed by atoms with Crippen LogP contribution in [0.2, 0.25) is 25.7 Å². The van der Waals surface area contributed by atoms with Crippen molar-refractivity contribution in [2.75, 3.05) is 13.6 Å². The Labute approximate surface area is 125 Å². The first kappa shape index (κ1) is 15.2. The van der Waals surface area contributed by atoms with Gasteiger partial charge in [0, 0.05) is 26.5 Å². The minimum atomic E-state index is -1.02. The predicted octanol–water partition coefficient (Wildman–Crippen LogP) is 4.35. The van der Waals surface area contributed by atoms with E-state index in [0.29, 0.717) is 0 Å². The lowest BCUT2D eigenvalue weighted by Crippen LogP contribution is -2.27. The highest BCUT2D eigenvalue weighted by molar-refractivity contribution is 6.76. The molecule has 0 aliphatic carbocycles. The van der Waals surface area contributed by atoms with Crippen LogP contribution in [0, 0.1) is 0 Å². The van der Waals surface area contributed by atoms with E-state index < -0.39 is 8.07 Å². The van der Waals surface area contributed by atoms with Crippen LogP contribution in [-0.4, -0.2) is 32.0 Å². The normalized spacial score (nSPS) is 15.2. The molecule has 1 aromatic rings. The van der Waals surface area contributed by atoms with Crippen LogP contribution in [0.25, 0.3) is 0 Å². The van der Waals surface area contributed by atoms with Gasteiger partial charge in [-0.3, -0.25) is 0 Å². The summed E-state index contributed by atoms with van der Waals surface area (Å²) in [5.41, 5.74) is 5.91. The van der Waals surface area contributed by atoms with Crippen LogP contribution in [0.1, 0.15) is 24.0 Å². The Balaban J connectivity index is 2.07. The van der Waals surface area contributed by atoms with Gasteiger partial charge >= 0.3 is 0 Å². The molecule has 2 rings (SSSR count). The van der Waals surface area contributed by atoms with Gasteiger partial charge in [-0.2, -0.15) is 0 Å². The van der Waals surface area contributed by atoms with E-state index in [1.165, 1.54) is 34.9 Å². The highest BCUT2D eigenvalue weighted by atomic mass is 28.3. The summed E-state index contributed by atoms with van der Waals surface area (Å²) in [6, 6.07) is 10.1. The van der Waals surface area contributed by atoms with Crippen molar-refractivity contribution in [3.05, 3.63) is 47.5 Å². The average molecular weight is 287 g/mol. The SMILES string of the molecule is C=C(CCC1=[N+](C)CCc2ccccc21)C[Si](C)(C)C. The molecule has 20 heavy (non-hydrogen) atoms. The molecular weight excluding hydrogens is 258 g/mol. The Morgan fingerprint density at radius 3 is 2.65 bits per heavy atom. The van der Waals surface area contributed by atoms with Crippen LogP contribution in [-0.2, 0) is 6.42 Å². The third-order valence-corrected chi connectivity index (χ3v) is 5.56. The van der Waals surface area contributed by atoms with Gasteiger partial charge in [-0.15, -0.1) is 6.58 Å². The van der Waals surface area contributed by atoms with Gasteiger partial charge < -0.3 is 0 Å². The molecule has 1 aliphatic rings. The van der Waals surface area contributed by atoms with Crippen molar-refractivity contribution in [2.45, 2.75) is 44.9 Å². The van der Waals surface area contributed by atoms with Crippen LogP contribution >= 0.6 is 0 Å². The third-order valence-electron chi connectivity index (χ3n) is 4.00. The monoisotopic (exact) mass is 286 g/mol. The van der Waals surface area contributed by atoms with Crippen LogP contribution in [0.5, 0.6) is 0 Å². The molecule has 1 aromatic carbocycles. The van der Waals surface area contributed by atoms with Gasteiger partial charge in [0.2, 0.25) is 0 Å². The van der Waals surface area contributed by atoms with E-state index in [0.717, 1.165) is 19.4 Å². The molecular formula is C18H28NSi+. The number of hydrogen-bond donors (Lipinski definition) is 0. The lowest BCUT2D eigenvalue weighted by Gasteiger charge is -2.19. The zero-order valence-electron chi connectivity index (χ0n) is 13.5. The molecule has 0 radical (unpaired) electrons. The van der Waals surface area contributed by atoms with Gasteiger partial charge in [-0.25, -0.2) is 4.58 Å². The minimum absolute atomic E-state index is 1.02. The molecule has 0 fully saturated rings. The molecule has 1 nitrogen and oxygen atoms in total. The Hall–Kier alpha value is -1.15. The standard InChI is InChI=1S/C18H28NSi/c1-15(14-20(3,4)5)10-11-18-17-9-7-6-8-16(17)12-13-19(18)2/h6-9H,1,10-14H2,2-5H3/q+1. The molecule has 0 aromatic heterocycles. The van der Waals surface area contributed by atoms with E-state index in [1.54, 1.807) is 0 Å². The molecule has 0 saturated heterocycles. The summed E-state index contributed by atoms with van der Waals surface area (Å²) in [5, 5.41) is 0. The van der Waals surface area contributed by atoms with E-state index in [2.05, 4.69) is 62.1 Å². The molecule has 1 aliphatic heterocycles. The fraction of sp³-hybridized carbons (Fsp3) is 0.500. The molecule has 0 atom stereocenters. The Morgan fingerprint density at radius 1 is 1.25 bits per heavy atom. The van der Waals surface area contributed by atoms with Gasteiger partial charge in [0.1, 0.15) is 13.6 Å². The fourth-order valence-corrected chi connectivity index (χ4v) is 4.78. The fourth-order valence-electron chi connectivity index (χ4n) is 3.11. The van der Waals surface area contributed by atoms with E-state index in [4.69, 9.17) is 0 Å². The zero-order valence-corrected chi connectivity index (χ0v) is 14.5. The van der Waals surface area contributed by atoms with E-state index in [1.807, 2.05) is 0 Å². The summed E-state index contributed by atoms with van der Waals surface area (Å²) in [6.07, 6.45) is 3.45. The summed E-state index contributed by atoms with van der Waals surface area (Å²) >= 11 is 0. The van der Waals surface area contributed by atoms with Crippen molar-refractivity contribution < 1.29 is 4.58 Å². The first-order valence-corrected chi connectivity index (χ1v) is 11.4. The minimum Gasteiger partial charge on any atom is -0.235 e. The second-order valence-electron chi connectivity index (χ2n) is 7.26. The van der Waals surface area contributed by atoms with E-state index in [-0.39, 0.29) is 0 Å². The number of nitrogens with zero attached hydrogens (tertiary/aromatic N) is 1. The number of allylic oxidation sites excluding steroid dienone is 1. The Morgan fingerprint density at radius 2 is 1.95 bits per heavy atom. The van der Waals surface area contributed by atoms with Gasteiger partial charge in [-0.1, -0.05) is 43.4 Å². The summed E-state index contributed by atoms with van der Waals surface area (Å²) < 4.78 is 2.43. The highest BCUT2D eigenvalue weighted by Crippen LogP contribution is 2.22. The molecule has 0 spiro atoms. The van der Waals surface area contributed by atoms with Crippen LogP contribution in [0.4, 0.5) is 0 Å². The van der Waals surface area contributed by atoms with Crippen molar-refractivity contribution >= 4 is 13.8 Å². The van der Waals surface area contributed by atoms with E-state index >= 15 is 0 Å². The maximum atomic E-state index is 4.31. The molecule has 0 unspecified atom stereocenters. The maximum Gasteiger partial charge on any atom is 0.183 e. The predicted molar refractivity (Wildman–Crippen MR) is 91.8 cm³/mol. The van der Waals surface area contributed by atoms with Crippen LogP contribution in [0.3, 0.4) is 0 Å². The molecule has 0 bridgehead atoms. The number of hydrogen-bond acceptors (Lipinski definition) is 0. The quantitative estimate of drug-likeness (QED) is 0.430. The second-order valence-corrected chi connectivity index (χ2v) is 12.7. The van der Waals surface area contributed by atoms with Gasteiger partial charge in [0.25, 0.3) is 0 Å². The van der Waals surface area contributed by atoms with E-state index in [9.17, 15) is 0 Å². The summed E-state index contributed by atoms with van der Waals surface area (Å²) in [6.45, 7) is 12.7. The topological polar surface area (TPSA) is 3.01 Å². The van der Waals surface area contributed by atoms with Crippen LogP contribution < -0.4 is 0 Å². The number of fused-ring (bicyclic) bond motifs is 1. The first-order valence-electron chi connectivity index (χ1n) is 7.69. The lowest BCUT2D eigenvalue weighted by molar-refractivity contribution is -0.499. The van der Waals surface area contributed by atoms with Crippen molar-refractivity contribution in [1.29, 1.82) is 0 Å². The molecule has 108 valence electrons. The van der Waals surface area contributed by atoms with Crippen molar-refractivity contribution in [1.82, 2.24) is 0 Å². The largest absolute Gasteiger partial charge is 0.235 e. The van der Waals surface area contributed by atoms with Crippen molar-refractivity contribution in [2.24, 2.45) is 0 Å². The third kappa shape index (κ3) is 3.92. The average Bonchev–Trinajstić information content (AvgIpc) is 2.35. The molecule has 2 heteroatoms. The highest BCUT2D eigenvalue weighted by Gasteiger charge is 2.23. The maximum absolute atomic E-state index is 4.31. The van der Waals surface area contributed by atoms with Gasteiger partial charge in [-0.05, 0) is 24.1 Å². The molecule has 0 N–H and O–H groups in total. The molecule has 0 saturated carbocycles. The van der Waals surface area contributed by atoms with Gasteiger partial charge in [0.15, 0.2) is 5.71 Å². The number of likely N-dealkylation sites (N-methyl/N-ethyl adjacent to an activating group) is 1. The van der Waals surface area contributed by atoms with Gasteiger partial charge in [0.05, 0.1) is 0 Å². The lowest BCUT2D eigenvalue weighted by atomic mass is 9.93. The Kier molecular flexibility index (Phi) is 4.64. The zero-order chi connectivity index (χ0) is 14.8. The first-order chi connectivity index (χ1) is 9.37. The summed E-state index contributed by atoms with van der Waals surface area (Å²) in [5.74, 6) is 0. The number of rotatable bonds is 5. The smallest absolute Gasteiger partial charge is 0.183 e. The summed E-state index contributed by atoms with van der Waals surface area (Å²) in [7, 11) is 1.21. The second kappa shape index (κ2) is 6.09. The van der Waals surface area contributed by atoms with Crippen molar-refractivity contribution in [3.63, 3.8) is 0 Å². The Bertz CT molecular complexity index is 535.